The van der Waals surface area contributed by atoms with Crippen molar-refractivity contribution >= 4 is 34.2 Å². The third kappa shape index (κ3) is 5.14. The predicted molar refractivity (Wildman–Crippen MR) is 213 cm³/mol. The second kappa shape index (κ2) is 12.1. The summed E-state index contributed by atoms with van der Waals surface area (Å²) in [6, 6.07) is 31.2. The van der Waals surface area contributed by atoms with Gasteiger partial charge in [0.05, 0.1) is 5.69 Å². The molecule has 3 heteroatoms. The molecule has 10 rings (SSSR count). The number of aromatic nitrogens is 1. The van der Waals surface area contributed by atoms with E-state index in [-0.39, 0.29) is 6.04 Å². The summed E-state index contributed by atoms with van der Waals surface area (Å²) in [5.41, 5.74) is 15.1. The highest BCUT2D eigenvalue weighted by Gasteiger charge is 2.39. The van der Waals surface area contributed by atoms with Crippen molar-refractivity contribution in [3.05, 3.63) is 178 Å². The first-order chi connectivity index (χ1) is 25.1. The fourth-order valence-corrected chi connectivity index (χ4v) is 9.30. The fourth-order valence-electron chi connectivity index (χ4n) is 9.30. The summed E-state index contributed by atoms with van der Waals surface area (Å²) in [6.45, 7) is 2.28. The van der Waals surface area contributed by atoms with E-state index in [9.17, 15) is 0 Å². The number of allylic oxidation sites excluding steroid dienone is 7. The third-order valence-corrected chi connectivity index (χ3v) is 11.8. The van der Waals surface area contributed by atoms with Crippen LogP contribution in [-0.4, -0.2) is 16.7 Å². The van der Waals surface area contributed by atoms with Gasteiger partial charge in [0.15, 0.2) is 0 Å². The highest BCUT2D eigenvalue weighted by Crippen LogP contribution is 2.45. The Bertz CT molecular complexity index is 2400. The number of benzene rings is 4. The molecule has 0 amide bonds. The topological polar surface area (TPSA) is 37.3 Å². The quantitative estimate of drug-likeness (QED) is 0.208. The van der Waals surface area contributed by atoms with Crippen LogP contribution in [0, 0.1) is 5.92 Å². The van der Waals surface area contributed by atoms with E-state index in [1.165, 1.54) is 61.0 Å². The molecule has 3 unspecified atom stereocenters. The molecule has 0 fully saturated rings. The van der Waals surface area contributed by atoms with E-state index in [1.807, 2.05) is 6.20 Å². The molecule has 0 spiro atoms. The van der Waals surface area contributed by atoms with Crippen LogP contribution in [0.5, 0.6) is 0 Å². The van der Waals surface area contributed by atoms with Crippen molar-refractivity contribution in [2.75, 3.05) is 0 Å². The van der Waals surface area contributed by atoms with Gasteiger partial charge in [-0.3, -0.25) is 15.3 Å². The van der Waals surface area contributed by atoms with Crippen LogP contribution in [0.1, 0.15) is 76.6 Å². The smallest absolute Gasteiger partial charge is 0.134 e. The Hall–Kier alpha value is -5.38. The zero-order valence-corrected chi connectivity index (χ0v) is 29.0. The van der Waals surface area contributed by atoms with Gasteiger partial charge in [0.1, 0.15) is 5.66 Å². The number of rotatable bonds is 4. The summed E-state index contributed by atoms with van der Waals surface area (Å²) in [6.07, 6.45) is 28.2. The Labute approximate surface area is 300 Å². The van der Waals surface area contributed by atoms with Crippen molar-refractivity contribution in [2.45, 2.75) is 56.7 Å². The standard InChI is InChI=1S/C48H41N3/c1-48(35-24-22-32(23-25-35)47-38-17-7-2-12-31(38)26-27-49-47)50-45(43-28-33-13-3-5-15-36(33)39-18-8-10-20-41(39)43)30-46(51-48)44-29-34-14-4-6-16-37(34)40-19-9-11-21-42(40)44/h2-3,5-10,12-13,15-20,22-29,33,36,45,50H,4,11,14,21,30H2,1H3/t33?,36?,45?,48-/m1/s1. The summed E-state index contributed by atoms with van der Waals surface area (Å²) in [5.74, 6) is 0.719. The highest BCUT2D eigenvalue weighted by molar-refractivity contribution is 6.06. The van der Waals surface area contributed by atoms with Gasteiger partial charge in [-0.05, 0) is 100 Å². The van der Waals surface area contributed by atoms with Crippen LogP contribution >= 0.6 is 0 Å². The van der Waals surface area contributed by atoms with Gasteiger partial charge in [-0.2, -0.15) is 0 Å². The van der Waals surface area contributed by atoms with Crippen molar-refractivity contribution < 1.29 is 0 Å². The Morgan fingerprint density at radius 3 is 2.51 bits per heavy atom. The first-order valence-corrected chi connectivity index (χ1v) is 18.6. The Kier molecular flexibility index (Phi) is 7.25. The van der Waals surface area contributed by atoms with Crippen molar-refractivity contribution in [2.24, 2.45) is 10.9 Å². The Morgan fingerprint density at radius 2 is 1.59 bits per heavy atom. The number of pyridine rings is 1. The zero-order chi connectivity index (χ0) is 33.9. The molecule has 0 saturated carbocycles. The lowest BCUT2D eigenvalue weighted by atomic mass is 9.71. The molecule has 4 aliphatic carbocycles. The lowest BCUT2D eigenvalue weighted by Crippen LogP contribution is -2.50. The van der Waals surface area contributed by atoms with Gasteiger partial charge in [0.25, 0.3) is 0 Å². The average molecular weight is 660 g/mol. The van der Waals surface area contributed by atoms with Gasteiger partial charge < -0.3 is 0 Å². The number of aliphatic imine (C=N–C) groups is 1. The molecule has 5 aliphatic rings. The van der Waals surface area contributed by atoms with Crippen LogP contribution in [0.3, 0.4) is 0 Å². The van der Waals surface area contributed by atoms with E-state index >= 15 is 0 Å². The second-order valence-corrected chi connectivity index (χ2v) is 14.8. The van der Waals surface area contributed by atoms with Crippen molar-refractivity contribution in [3.8, 4) is 11.3 Å². The van der Waals surface area contributed by atoms with Gasteiger partial charge in [-0.15, -0.1) is 0 Å². The lowest BCUT2D eigenvalue weighted by molar-refractivity contribution is 0.343. The van der Waals surface area contributed by atoms with E-state index in [2.05, 4.69) is 152 Å². The molecule has 1 N–H and O–H groups in total. The maximum atomic E-state index is 5.74. The summed E-state index contributed by atoms with van der Waals surface area (Å²) < 4.78 is 0. The molecule has 2 heterocycles. The molecule has 0 radical (unpaired) electrons. The van der Waals surface area contributed by atoms with Gasteiger partial charge in [0, 0.05) is 47.2 Å². The summed E-state index contributed by atoms with van der Waals surface area (Å²) in [7, 11) is 0. The van der Waals surface area contributed by atoms with E-state index in [0.29, 0.717) is 11.8 Å². The van der Waals surface area contributed by atoms with E-state index in [0.717, 1.165) is 48.9 Å². The molecule has 0 saturated heterocycles. The molecule has 248 valence electrons. The van der Waals surface area contributed by atoms with Gasteiger partial charge in [0.2, 0.25) is 0 Å². The predicted octanol–water partition coefficient (Wildman–Crippen LogP) is 10.8. The number of aryl methyl sites for hydroxylation is 1. The normalized spacial score (nSPS) is 24.3. The monoisotopic (exact) mass is 659 g/mol. The van der Waals surface area contributed by atoms with Crippen LogP contribution < -0.4 is 5.32 Å². The lowest BCUT2D eigenvalue weighted by Gasteiger charge is -2.42. The van der Waals surface area contributed by atoms with E-state index in [4.69, 9.17) is 9.98 Å². The fraction of sp³-hybridized carbons (Fsp3) is 0.208. The molecule has 5 aromatic rings. The SMILES string of the molecule is C[C@]1(c2ccc(-c3nccc4ccccc34)cc2)N=C(c2cc3c(c4c2CCC=C4)C=CCC3)CC(C2=CC3C=CC=CC3c3ccccc32)N1. The Morgan fingerprint density at radius 1 is 0.784 bits per heavy atom. The molecule has 1 aromatic heterocycles. The largest absolute Gasteiger partial charge is 0.282 e. The first-order valence-electron chi connectivity index (χ1n) is 18.6. The first kappa shape index (κ1) is 30.4. The third-order valence-electron chi connectivity index (χ3n) is 11.8. The second-order valence-electron chi connectivity index (χ2n) is 14.8. The molecular formula is C48H41N3. The van der Waals surface area contributed by atoms with Crippen molar-refractivity contribution in [1.29, 1.82) is 0 Å². The maximum Gasteiger partial charge on any atom is 0.134 e. The van der Waals surface area contributed by atoms with Crippen LogP contribution in [0.4, 0.5) is 0 Å². The minimum atomic E-state index is -0.634. The van der Waals surface area contributed by atoms with Crippen LogP contribution in [0.25, 0.3) is 39.8 Å². The number of hydrogen-bond donors (Lipinski definition) is 1. The summed E-state index contributed by atoms with van der Waals surface area (Å²) in [4.78, 5) is 10.6. The highest BCUT2D eigenvalue weighted by atomic mass is 15.2. The number of hydrogen-bond acceptors (Lipinski definition) is 3. The number of fused-ring (bicyclic) bond motifs is 7. The summed E-state index contributed by atoms with van der Waals surface area (Å²) >= 11 is 0. The van der Waals surface area contributed by atoms with Gasteiger partial charge in [-0.25, -0.2) is 0 Å². The summed E-state index contributed by atoms with van der Waals surface area (Å²) in [5, 5.41) is 6.52. The molecule has 4 aromatic carbocycles. The van der Waals surface area contributed by atoms with Crippen molar-refractivity contribution in [3.63, 3.8) is 0 Å². The minimum absolute atomic E-state index is 0.0917. The molecule has 4 atom stereocenters. The maximum absolute atomic E-state index is 5.74. The van der Waals surface area contributed by atoms with Crippen LogP contribution in [0.15, 0.2) is 139 Å². The number of nitrogens with zero attached hydrogens (tertiary/aromatic N) is 2. The Balaban J connectivity index is 1.12. The average Bonchev–Trinajstić information content (AvgIpc) is 3.20. The molecule has 3 nitrogen and oxygen atoms in total. The minimum Gasteiger partial charge on any atom is -0.282 e. The van der Waals surface area contributed by atoms with Crippen LogP contribution in [-0.2, 0) is 18.5 Å². The van der Waals surface area contributed by atoms with Gasteiger partial charge >= 0.3 is 0 Å². The molecule has 0 bridgehead atoms. The zero-order valence-electron chi connectivity index (χ0n) is 29.0. The van der Waals surface area contributed by atoms with E-state index in [1.54, 1.807) is 0 Å². The molecule has 1 aliphatic heterocycles. The molecule has 51 heavy (non-hydrogen) atoms. The van der Waals surface area contributed by atoms with Gasteiger partial charge in [-0.1, -0.05) is 127 Å². The van der Waals surface area contributed by atoms with Crippen molar-refractivity contribution in [1.82, 2.24) is 10.3 Å². The van der Waals surface area contributed by atoms with Crippen LogP contribution in [0.2, 0.25) is 0 Å². The van der Waals surface area contributed by atoms with E-state index < -0.39 is 5.66 Å². The number of nitrogens with one attached hydrogen (secondary N) is 1. The molecular weight excluding hydrogens is 619 g/mol.